The smallest absolute Gasteiger partial charge is 0.408 e. The van der Waals surface area contributed by atoms with Crippen LogP contribution in [0.4, 0.5) is 10.1 Å². The van der Waals surface area contributed by atoms with Crippen LogP contribution in [0.15, 0.2) is 44.4 Å². The number of oxazole rings is 1. The maximum absolute atomic E-state index is 13.3. The van der Waals surface area contributed by atoms with Crippen LogP contribution in [-0.4, -0.2) is 4.57 Å². The second-order valence-electron chi connectivity index (χ2n) is 4.87. The van der Waals surface area contributed by atoms with Gasteiger partial charge < -0.3 is 9.14 Å². The Balaban J connectivity index is 1.91. The summed E-state index contributed by atoms with van der Waals surface area (Å²) in [6, 6.07) is 7.91. The molecular weight excluding hydrogens is 327 g/mol. The van der Waals surface area contributed by atoms with Crippen molar-refractivity contribution in [3.8, 4) is 0 Å². The van der Waals surface area contributed by atoms with Crippen molar-refractivity contribution in [1.82, 2.24) is 4.57 Å². The molecule has 1 N–H and O–H groups in total. The number of fused-ring (bicyclic) bond motifs is 1. The third-order valence-electron chi connectivity index (χ3n) is 3.23. The summed E-state index contributed by atoms with van der Waals surface area (Å²) in [4.78, 5) is 12.4. The highest BCUT2D eigenvalue weighted by atomic mass is 35.5. The number of anilines is 1. The Morgan fingerprint density at radius 3 is 2.77 bits per heavy atom. The third-order valence-corrected chi connectivity index (χ3v) is 4.45. The zero-order valence-corrected chi connectivity index (χ0v) is 13.4. The van der Waals surface area contributed by atoms with Gasteiger partial charge in [-0.2, -0.15) is 0 Å². The van der Waals surface area contributed by atoms with E-state index >= 15 is 0 Å². The average molecular weight is 339 g/mol. The molecule has 1 aromatic heterocycles. The normalized spacial score (nSPS) is 11.1. The van der Waals surface area contributed by atoms with Crippen molar-refractivity contribution in [2.45, 2.75) is 11.8 Å². The molecule has 4 nitrogen and oxygen atoms in total. The number of nitrogens with one attached hydrogen (secondary N) is 1. The van der Waals surface area contributed by atoms with E-state index in [4.69, 9.17) is 16.0 Å². The van der Waals surface area contributed by atoms with Crippen molar-refractivity contribution >= 4 is 40.3 Å². The molecular formula is C15H12ClFN2O2S. The van der Waals surface area contributed by atoms with Gasteiger partial charge in [0.15, 0.2) is 5.58 Å². The van der Waals surface area contributed by atoms with Gasteiger partial charge >= 0.3 is 5.76 Å². The highest BCUT2D eigenvalue weighted by Crippen LogP contribution is 2.29. The Bertz CT molecular complexity index is 900. The van der Waals surface area contributed by atoms with Crippen LogP contribution in [0, 0.1) is 12.7 Å². The Hall–Kier alpha value is -1.92. The SMILES string of the molecule is Cc1cc2oc(=O)n(C)c2cc1SNc1cc(F)cc(Cl)c1. The fourth-order valence-electron chi connectivity index (χ4n) is 2.09. The topological polar surface area (TPSA) is 47.2 Å². The number of hydrogen-bond donors (Lipinski definition) is 1. The Morgan fingerprint density at radius 2 is 2.05 bits per heavy atom. The van der Waals surface area contributed by atoms with E-state index in [1.54, 1.807) is 19.2 Å². The van der Waals surface area contributed by atoms with E-state index in [0.717, 1.165) is 10.5 Å². The van der Waals surface area contributed by atoms with Gasteiger partial charge in [0.25, 0.3) is 0 Å². The van der Waals surface area contributed by atoms with Crippen molar-refractivity contribution in [3.63, 3.8) is 0 Å². The number of halogens is 2. The van der Waals surface area contributed by atoms with Crippen LogP contribution in [-0.2, 0) is 7.05 Å². The van der Waals surface area contributed by atoms with Crippen LogP contribution in [0.2, 0.25) is 5.02 Å². The third kappa shape index (κ3) is 2.84. The van der Waals surface area contributed by atoms with E-state index in [-0.39, 0.29) is 0 Å². The van der Waals surface area contributed by atoms with E-state index in [1.807, 2.05) is 13.0 Å². The number of aromatic nitrogens is 1. The molecule has 7 heteroatoms. The van der Waals surface area contributed by atoms with Gasteiger partial charge in [-0.1, -0.05) is 11.6 Å². The minimum absolute atomic E-state index is 0.326. The first-order valence-electron chi connectivity index (χ1n) is 6.43. The monoisotopic (exact) mass is 338 g/mol. The summed E-state index contributed by atoms with van der Waals surface area (Å²) in [6.07, 6.45) is 0. The van der Waals surface area contributed by atoms with Crippen molar-refractivity contribution in [2.75, 3.05) is 4.72 Å². The van der Waals surface area contributed by atoms with E-state index < -0.39 is 11.6 Å². The number of aryl methyl sites for hydroxylation is 2. The van der Waals surface area contributed by atoms with Gasteiger partial charge in [0.1, 0.15) is 5.82 Å². The van der Waals surface area contributed by atoms with E-state index in [0.29, 0.717) is 21.8 Å². The summed E-state index contributed by atoms with van der Waals surface area (Å²) in [5, 5.41) is 0.326. The lowest BCUT2D eigenvalue weighted by Crippen LogP contribution is -2.08. The first kappa shape index (κ1) is 15.0. The molecule has 22 heavy (non-hydrogen) atoms. The number of rotatable bonds is 3. The van der Waals surface area contributed by atoms with Crippen molar-refractivity contribution < 1.29 is 8.81 Å². The first-order valence-corrected chi connectivity index (χ1v) is 7.62. The molecule has 2 aromatic carbocycles. The van der Waals surface area contributed by atoms with E-state index in [9.17, 15) is 9.18 Å². The lowest BCUT2D eigenvalue weighted by Gasteiger charge is -2.09. The summed E-state index contributed by atoms with van der Waals surface area (Å²) < 4.78 is 22.9. The highest BCUT2D eigenvalue weighted by Gasteiger charge is 2.10. The molecule has 0 bridgehead atoms. The number of nitrogens with zero attached hydrogens (tertiary/aromatic N) is 1. The van der Waals surface area contributed by atoms with Crippen LogP contribution < -0.4 is 10.5 Å². The van der Waals surface area contributed by atoms with Gasteiger partial charge in [-0.15, -0.1) is 0 Å². The summed E-state index contributed by atoms with van der Waals surface area (Å²) in [7, 11) is 1.65. The van der Waals surface area contributed by atoms with E-state index in [1.165, 1.54) is 28.6 Å². The van der Waals surface area contributed by atoms with Gasteiger partial charge in [-0.25, -0.2) is 9.18 Å². The molecule has 0 radical (unpaired) electrons. The molecule has 0 amide bonds. The van der Waals surface area contributed by atoms with Crippen LogP contribution >= 0.6 is 23.5 Å². The zero-order valence-electron chi connectivity index (χ0n) is 11.8. The Morgan fingerprint density at radius 1 is 1.27 bits per heavy atom. The van der Waals surface area contributed by atoms with Gasteiger partial charge in [0.05, 0.1) is 5.52 Å². The Labute approximate surface area is 135 Å². The highest BCUT2D eigenvalue weighted by molar-refractivity contribution is 8.00. The fourth-order valence-corrected chi connectivity index (χ4v) is 3.05. The van der Waals surface area contributed by atoms with Gasteiger partial charge in [0.2, 0.25) is 0 Å². The fraction of sp³-hybridized carbons (Fsp3) is 0.133. The van der Waals surface area contributed by atoms with Gasteiger partial charge in [-0.3, -0.25) is 4.57 Å². The van der Waals surface area contributed by atoms with Gasteiger partial charge in [0, 0.05) is 22.7 Å². The summed E-state index contributed by atoms with van der Waals surface area (Å²) in [6.45, 7) is 1.91. The predicted octanol–water partition coefficient (Wildman–Crippen LogP) is 4.35. The molecule has 0 fully saturated rings. The van der Waals surface area contributed by atoms with Crippen molar-refractivity contribution in [3.05, 3.63) is 57.3 Å². The second kappa shape index (κ2) is 5.70. The molecule has 1 heterocycles. The molecule has 0 aliphatic carbocycles. The Kier molecular flexibility index (Phi) is 3.88. The lowest BCUT2D eigenvalue weighted by atomic mass is 10.2. The molecule has 0 aliphatic rings. The standard InChI is InChI=1S/C15H12ClFN2O2S/c1-8-3-13-12(19(2)15(20)21-13)7-14(8)22-18-11-5-9(16)4-10(17)6-11/h3-7,18H,1-2H3. The molecule has 0 spiro atoms. The lowest BCUT2D eigenvalue weighted by molar-refractivity contribution is 0.528. The minimum atomic E-state index is -0.403. The second-order valence-corrected chi connectivity index (χ2v) is 6.16. The molecule has 0 atom stereocenters. The predicted molar refractivity (Wildman–Crippen MR) is 87.1 cm³/mol. The molecule has 114 valence electrons. The van der Waals surface area contributed by atoms with Crippen LogP contribution in [0.3, 0.4) is 0 Å². The average Bonchev–Trinajstić information content (AvgIpc) is 2.70. The maximum Gasteiger partial charge on any atom is 0.419 e. The van der Waals surface area contributed by atoms with Gasteiger partial charge in [-0.05, 0) is 54.8 Å². The number of hydrogen-bond acceptors (Lipinski definition) is 4. The van der Waals surface area contributed by atoms with E-state index in [2.05, 4.69) is 4.72 Å². The zero-order chi connectivity index (χ0) is 15.9. The summed E-state index contributed by atoms with van der Waals surface area (Å²) >= 11 is 7.14. The van der Waals surface area contributed by atoms with Crippen LogP contribution in [0.1, 0.15) is 5.56 Å². The van der Waals surface area contributed by atoms with Crippen molar-refractivity contribution in [2.24, 2.45) is 7.05 Å². The summed E-state index contributed by atoms with van der Waals surface area (Å²) in [5.74, 6) is -0.804. The molecule has 3 aromatic rings. The van der Waals surface area contributed by atoms with Crippen LogP contribution in [0.25, 0.3) is 11.1 Å². The summed E-state index contributed by atoms with van der Waals surface area (Å²) in [5.41, 5.74) is 2.76. The largest absolute Gasteiger partial charge is 0.419 e. The molecule has 0 aliphatic heterocycles. The molecule has 0 unspecified atom stereocenters. The maximum atomic E-state index is 13.3. The van der Waals surface area contributed by atoms with Crippen molar-refractivity contribution in [1.29, 1.82) is 0 Å². The van der Waals surface area contributed by atoms with Crippen LogP contribution in [0.5, 0.6) is 0 Å². The molecule has 0 saturated heterocycles. The molecule has 3 rings (SSSR count). The quantitative estimate of drug-likeness (QED) is 0.721. The number of benzene rings is 2. The minimum Gasteiger partial charge on any atom is -0.408 e. The molecule has 0 saturated carbocycles. The first-order chi connectivity index (χ1) is 10.4.